The van der Waals surface area contributed by atoms with E-state index in [1.807, 2.05) is 6.07 Å². The molecule has 0 aliphatic carbocycles. The topological polar surface area (TPSA) is 52.9 Å². The Balaban J connectivity index is 3.61. The van der Waals surface area contributed by atoms with Gasteiger partial charge in [-0.3, -0.25) is 4.79 Å². The maximum atomic E-state index is 13.0. The first-order chi connectivity index (χ1) is 7.52. The normalized spacial score (nSPS) is 10.9. The number of alkyl halides is 2. The third-order valence-corrected chi connectivity index (χ3v) is 2.12. The van der Waals surface area contributed by atoms with Crippen LogP contribution in [0.25, 0.3) is 0 Å². The van der Waals surface area contributed by atoms with Gasteiger partial charge in [-0.2, -0.15) is 5.26 Å². The van der Waals surface area contributed by atoms with Crippen molar-refractivity contribution in [1.82, 2.24) is 5.32 Å². The molecule has 3 nitrogen and oxygen atoms in total. The second-order valence-corrected chi connectivity index (χ2v) is 3.72. The fourth-order valence-electron chi connectivity index (χ4n) is 1.27. The zero-order valence-corrected chi connectivity index (χ0v) is 9.56. The molecule has 0 bridgehead atoms. The molecule has 0 saturated heterocycles. The number of halogens is 2. The highest BCUT2D eigenvalue weighted by molar-refractivity contribution is 5.75. The van der Waals surface area contributed by atoms with E-state index in [9.17, 15) is 13.6 Å². The molecule has 0 saturated carbocycles. The van der Waals surface area contributed by atoms with E-state index in [0.29, 0.717) is 25.8 Å². The Bertz CT molecular complexity index is 249. The highest BCUT2D eigenvalue weighted by Gasteiger charge is 2.27. The summed E-state index contributed by atoms with van der Waals surface area (Å²) in [5.41, 5.74) is 0. The number of hydrogen-bond donors (Lipinski definition) is 1. The van der Waals surface area contributed by atoms with Crippen molar-refractivity contribution < 1.29 is 13.6 Å². The summed E-state index contributed by atoms with van der Waals surface area (Å²) in [5, 5.41) is 10.7. The Kier molecular flexibility index (Phi) is 7.44. The van der Waals surface area contributed by atoms with Gasteiger partial charge in [0.2, 0.25) is 11.8 Å². The van der Waals surface area contributed by atoms with Gasteiger partial charge in [-0.25, -0.2) is 8.78 Å². The van der Waals surface area contributed by atoms with Gasteiger partial charge in [0.15, 0.2) is 0 Å². The Morgan fingerprint density at radius 2 is 2.12 bits per heavy atom. The molecule has 0 atom stereocenters. The molecule has 0 aromatic heterocycles. The highest BCUT2D eigenvalue weighted by Crippen LogP contribution is 2.25. The number of nitrogens with one attached hydrogen (secondary N) is 1. The molecule has 5 heteroatoms. The quantitative estimate of drug-likeness (QED) is 0.654. The molecule has 0 aromatic rings. The van der Waals surface area contributed by atoms with Crippen LogP contribution in [0.3, 0.4) is 0 Å². The molecule has 0 aliphatic rings. The van der Waals surface area contributed by atoms with Crippen LogP contribution in [-0.4, -0.2) is 18.4 Å². The predicted octanol–water partition coefficient (Wildman–Crippen LogP) is 2.62. The van der Waals surface area contributed by atoms with Gasteiger partial charge in [-0.15, -0.1) is 0 Å². The van der Waals surface area contributed by atoms with Crippen molar-refractivity contribution in [2.45, 2.75) is 51.4 Å². The van der Waals surface area contributed by atoms with Crippen LogP contribution in [-0.2, 0) is 4.79 Å². The Hall–Kier alpha value is -1.18. The fourth-order valence-corrected chi connectivity index (χ4v) is 1.27. The Morgan fingerprint density at radius 1 is 1.44 bits per heavy atom. The molecule has 1 N–H and O–H groups in total. The zero-order valence-electron chi connectivity index (χ0n) is 9.56. The van der Waals surface area contributed by atoms with E-state index in [1.54, 1.807) is 6.92 Å². The van der Waals surface area contributed by atoms with Gasteiger partial charge in [-0.1, -0.05) is 13.3 Å². The van der Waals surface area contributed by atoms with E-state index in [-0.39, 0.29) is 18.7 Å². The van der Waals surface area contributed by atoms with Gasteiger partial charge in [0, 0.05) is 32.2 Å². The lowest BCUT2D eigenvalue weighted by atomic mass is 10.1. The van der Waals surface area contributed by atoms with Crippen LogP contribution in [0.2, 0.25) is 0 Å². The maximum absolute atomic E-state index is 13.0. The second-order valence-electron chi connectivity index (χ2n) is 3.72. The number of nitrogens with zero attached hydrogens (tertiary/aromatic N) is 1. The minimum Gasteiger partial charge on any atom is -0.356 e. The third-order valence-electron chi connectivity index (χ3n) is 2.12. The van der Waals surface area contributed by atoms with Crippen LogP contribution in [0.5, 0.6) is 0 Å². The monoisotopic (exact) mass is 232 g/mol. The van der Waals surface area contributed by atoms with Gasteiger partial charge in [0.1, 0.15) is 0 Å². The fraction of sp³-hybridized carbons (Fsp3) is 0.818. The van der Waals surface area contributed by atoms with E-state index >= 15 is 0 Å². The van der Waals surface area contributed by atoms with Gasteiger partial charge in [0.05, 0.1) is 6.07 Å². The van der Waals surface area contributed by atoms with Gasteiger partial charge in [-0.05, 0) is 6.42 Å². The van der Waals surface area contributed by atoms with Crippen LogP contribution in [0, 0.1) is 11.3 Å². The molecule has 0 aliphatic heterocycles. The minimum absolute atomic E-state index is 0.153. The largest absolute Gasteiger partial charge is 0.356 e. The number of rotatable bonds is 8. The average molecular weight is 232 g/mol. The third kappa shape index (κ3) is 8.16. The summed E-state index contributed by atoms with van der Waals surface area (Å²) in [4.78, 5) is 11.1. The number of hydrogen-bond acceptors (Lipinski definition) is 2. The van der Waals surface area contributed by atoms with Crippen LogP contribution in [0.15, 0.2) is 0 Å². The van der Waals surface area contributed by atoms with Crippen molar-refractivity contribution in [2.24, 2.45) is 0 Å². The lowest BCUT2D eigenvalue weighted by Gasteiger charge is -2.14. The van der Waals surface area contributed by atoms with Crippen molar-refractivity contribution in [3.05, 3.63) is 0 Å². The molecule has 16 heavy (non-hydrogen) atoms. The van der Waals surface area contributed by atoms with Crippen molar-refractivity contribution in [3.8, 4) is 6.07 Å². The van der Waals surface area contributed by atoms with E-state index in [4.69, 9.17) is 5.26 Å². The van der Waals surface area contributed by atoms with E-state index in [0.717, 1.165) is 0 Å². The predicted molar refractivity (Wildman–Crippen MR) is 56.9 cm³/mol. The molecule has 0 heterocycles. The molecular weight excluding hydrogens is 214 g/mol. The van der Waals surface area contributed by atoms with Crippen LogP contribution in [0.4, 0.5) is 8.78 Å². The number of carbonyl (C=O) groups is 1. The van der Waals surface area contributed by atoms with E-state index in [1.165, 1.54) is 0 Å². The summed E-state index contributed by atoms with van der Waals surface area (Å²) in [5.74, 6) is -3.10. The summed E-state index contributed by atoms with van der Waals surface area (Å²) in [6.07, 6.45) is 0.621. The smallest absolute Gasteiger partial charge is 0.248 e. The van der Waals surface area contributed by atoms with Crippen LogP contribution in [0.1, 0.15) is 45.4 Å². The van der Waals surface area contributed by atoms with Crippen LogP contribution < -0.4 is 5.32 Å². The molecule has 0 spiro atoms. The minimum atomic E-state index is -2.74. The Morgan fingerprint density at radius 3 is 2.69 bits per heavy atom. The maximum Gasteiger partial charge on any atom is 0.248 e. The molecule has 0 radical (unpaired) electrons. The highest BCUT2D eigenvalue weighted by atomic mass is 19.3. The zero-order chi connectivity index (χ0) is 12.4. The molecule has 0 fully saturated rings. The van der Waals surface area contributed by atoms with Crippen molar-refractivity contribution >= 4 is 5.91 Å². The SMILES string of the molecule is CCCC(F)(F)CCC(=O)NCCCC#N. The second kappa shape index (κ2) is 8.03. The lowest BCUT2D eigenvalue weighted by Crippen LogP contribution is -2.27. The number of amides is 1. The first-order valence-corrected chi connectivity index (χ1v) is 5.53. The number of nitriles is 1. The molecule has 0 rings (SSSR count). The molecule has 92 valence electrons. The molecule has 0 unspecified atom stereocenters. The first-order valence-electron chi connectivity index (χ1n) is 5.53. The van der Waals surface area contributed by atoms with Crippen molar-refractivity contribution in [1.29, 1.82) is 5.26 Å². The molecule has 0 aromatic carbocycles. The van der Waals surface area contributed by atoms with Gasteiger partial charge < -0.3 is 5.32 Å². The molecule has 1 amide bonds. The average Bonchev–Trinajstić information content (AvgIpc) is 2.22. The Labute approximate surface area is 94.8 Å². The molecular formula is C11H18F2N2O. The summed E-state index contributed by atoms with van der Waals surface area (Å²) in [6, 6.07) is 1.94. The summed E-state index contributed by atoms with van der Waals surface area (Å²) in [7, 11) is 0. The summed E-state index contributed by atoms with van der Waals surface area (Å²) >= 11 is 0. The first kappa shape index (κ1) is 14.8. The van der Waals surface area contributed by atoms with E-state index < -0.39 is 12.3 Å². The van der Waals surface area contributed by atoms with Gasteiger partial charge in [0.25, 0.3) is 0 Å². The van der Waals surface area contributed by atoms with Gasteiger partial charge >= 0.3 is 0 Å². The van der Waals surface area contributed by atoms with E-state index in [2.05, 4.69) is 5.32 Å². The van der Waals surface area contributed by atoms with Crippen LogP contribution >= 0.6 is 0 Å². The number of carbonyl (C=O) groups excluding carboxylic acids is 1. The lowest BCUT2D eigenvalue weighted by molar-refractivity contribution is -0.123. The number of unbranched alkanes of at least 4 members (excludes halogenated alkanes) is 1. The summed E-state index contributed by atoms with van der Waals surface area (Å²) in [6.45, 7) is 2.07. The summed E-state index contributed by atoms with van der Waals surface area (Å²) < 4.78 is 26.0. The van der Waals surface area contributed by atoms with Crippen molar-refractivity contribution in [3.63, 3.8) is 0 Å². The standard InChI is InChI=1S/C11H18F2N2O/c1-2-6-11(12,13)7-5-10(16)15-9-4-3-8-14/h2-7,9H2,1H3,(H,15,16). The van der Waals surface area contributed by atoms with Crippen molar-refractivity contribution in [2.75, 3.05) is 6.54 Å².